The molecule has 5 heteroatoms. The highest BCUT2D eigenvalue weighted by Crippen LogP contribution is 2.18. The predicted octanol–water partition coefficient (Wildman–Crippen LogP) is 3.00. The van der Waals surface area contributed by atoms with E-state index in [9.17, 15) is 8.78 Å². The van der Waals surface area contributed by atoms with Gasteiger partial charge < -0.3 is 10.6 Å². The molecule has 90 valence electrons. The van der Waals surface area contributed by atoms with E-state index in [-0.39, 0.29) is 11.6 Å². The minimum absolute atomic E-state index is 0.0989. The first-order valence-electron chi connectivity index (χ1n) is 5.52. The van der Waals surface area contributed by atoms with E-state index in [4.69, 9.17) is 0 Å². The Labute approximate surface area is 94.3 Å². The Morgan fingerprint density at radius 1 is 1.00 bits per heavy atom. The van der Waals surface area contributed by atoms with Crippen LogP contribution in [-0.2, 0) is 0 Å². The van der Waals surface area contributed by atoms with Crippen molar-refractivity contribution in [3.05, 3.63) is 17.7 Å². The summed E-state index contributed by atoms with van der Waals surface area (Å²) in [6.07, 6.45) is 1.71. The molecule has 1 rings (SSSR count). The number of anilines is 2. The average molecular weight is 229 g/mol. The van der Waals surface area contributed by atoms with Gasteiger partial charge >= 0.3 is 0 Å². The summed E-state index contributed by atoms with van der Waals surface area (Å²) in [6, 6.07) is 0.850. The van der Waals surface area contributed by atoms with Crippen molar-refractivity contribution < 1.29 is 8.78 Å². The fourth-order valence-corrected chi connectivity index (χ4v) is 1.20. The van der Waals surface area contributed by atoms with Crippen LogP contribution in [-0.4, -0.2) is 18.1 Å². The summed E-state index contributed by atoms with van der Waals surface area (Å²) in [5.74, 6) is -1.12. The van der Waals surface area contributed by atoms with Crippen LogP contribution in [0.2, 0.25) is 0 Å². The number of hydrogen-bond acceptors (Lipinski definition) is 3. The number of pyridine rings is 1. The van der Waals surface area contributed by atoms with E-state index in [0.29, 0.717) is 13.1 Å². The molecule has 0 aliphatic heterocycles. The first-order chi connectivity index (χ1) is 7.69. The molecule has 0 bridgehead atoms. The van der Waals surface area contributed by atoms with Gasteiger partial charge in [0.15, 0.2) is 23.3 Å². The minimum Gasteiger partial charge on any atom is -0.368 e. The van der Waals surface area contributed by atoms with Crippen LogP contribution in [0.1, 0.15) is 26.7 Å². The van der Waals surface area contributed by atoms with Gasteiger partial charge in [-0.25, -0.2) is 13.8 Å². The highest BCUT2D eigenvalue weighted by Gasteiger charge is 2.10. The molecule has 0 aliphatic carbocycles. The van der Waals surface area contributed by atoms with Crippen molar-refractivity contribution in [3.63, 3.8) is 0 Å². The molecule has 1 aromatic rings. The number of hydrogen-bond donors (Lipinski definition) is 2. The number of halogens is 2. The summed E-state index contributed by atoms with van der Waals surface area (Å²) in [5.41, 5.74) is 0. The molecule has 0 radical (unpaired) electrons. The van der Waals surface area contributed by atoms with Crippen molar-refractivity contribution in [3.8, 4) is 0 Å². The second-order valence-corrected chi connectivity index (χ2v) is 3.50. The zero-order chi connectivity index (χ0) is 12.0. The summed E-state index contributed by atoms with van der Waals surface area (Å²) < 4.78 is 26.6. The fraction of sp³-hybridized carbons (Fsp3) is 0.545. The maximum atomic E-state index is 13.3. The zero-order valence-corrected chi connectivity index (χ0v) is 9.61. The zero-order valence-electron chi connectivity index (χ0n) is 9.61. The smallest absolute Gasteiger partial charge is 0.168 e. The summed E-state index contributed by atoms with van der Waals surface area (Å²) in [4.78, 5) is 3.87. The van der Waals surface area contributed by atoms with Gasteiger partial charge in [-0.3, -0.25) is 0 Å². The Morgan fingerprint density at radius 3 is 1.81 bits per heavy atom. The molecule has 0 aromatic carbocycles. The Balaban J connectivity index is 2.83. The number of nitrogens with zero attached hydrogens (tertiary/aromatic N) is 1. The summed E-state index contributed by atoms with van der Waals surface area (Å²) in [5, 5.41) is 5.63. The minimum atomic E-state index is -0.659. The largest absolute Gasteiger partial charge is 0.368 e. The Bertz CT molecular complexity index is 313. The third-order valence-electron chi connectivity index (χ3n) is 2.01. The molecular weight excluding hydrogens is 212 g/mol. The van der Waals surface area contributed by atoms with Gasteiger partial charge in [0.05, 0.1) is 0 Å². The maximum absolute atomic E-state index is 13.3. The van der Waals surface area contributed by atoms with Gasteiger partial charge in [-0.2, -0.15) is 0 Å². The van der Waals surface area contributed by atoms with Crippen molar-refractivity contribution in [2.75, 3.05) is 23.7 Å². The Kier molecular flexibility index (Phi) is 4.95. The molecule has 0 aliphatic rings. The predicted molar refractivity (Wildman–Crippen MR) is 61.7 cm³/mol. The van der Waals surface area contributed by atoms with Gasteiger partial charge in [0.2, 0.25) is 0 Å². The molecule has 0 saturated heterocycles. The molecule has 2 N–H and O–H groups in total. The number of aromatic nitrogens is 1. The molecule has 0 unspecified atom stereocenters. The van der Waals surface area contributed by atoms with Crippen molar-refractivity contribution >= 4 is 11.6 Å². The van der Waals surface area contributed by atoms with Crippen molar-refractivity contribution in [2.45, 2.75) is 26.7 Å². The Hall–Kier alpha value is -1.39. The number of nitrogens with one attached hydrogen (secondary N) is 2. The fourth-order valence-electron chi connectivity index (χ4n) is 1.20. The molecule has 3 nitrogen and oxygen atoms in total. The SMILES string of the molecule is CCCNc1nc(NCCC)c(F)cc1F. The quantitative estimate of drug-likeness (QED) is 0.787. The summed E-state index contributed by atoms with van der Waals surface area (Å²) >= 11 is 0. The highest BCUT2D eigenvalue weighted by molar-refractivity contribution is 5.47. The lowest BCUT2D eigenvalue weighted by atomic mass is 10.3. The van der Waals surface area contributed by atoms with E-state index in [1.807, 2.05) is 13.8 Å². The van der Waals surface area contributed by atoms with Crippen molar-refractivity contribution in [1.82, 2.24) is 4.98 Å². The monoisotopic (exact) mass is 229 g/mol. The van der Waals surface area contributed by atoms with Crippen LogP contribution in [0.4, 0.5) is 20.4 Å². The standard InChI is InChI=1S/C11H17F2N3/c1-3-5-14-10-8(12)7-9(13)11(16-10)15-6-4-2/h7H,3-6H2,1-2H3,(H2,14,15,16). The van der Waals surface area contributed by atoms with Gasteiger partial charge in [0.1, 0.15) is 0 Å². The van der Waals surface area contributed by atoms with Gasteiger partial charge in [0, 0.05) is 19.2 Å². The molecule has 1 aromatic heterocycles. The molecule has 0 spiro atoms. The van der Waals surface area contributed by atoms with E-state index < -0.39 is 11.6 Å². The van der Waals surface area contributed by atoms with Gasteiger partial charge in [-0.15, -0.1) is 0 Å². The lowest BCUT2D eigenvalue weighted by Gasteiger charge is -2.10. The van der Waals surface area contributed by atoms with Crippen LogP contribution in [0.15, 0.2) is 6.07 Å². The normalized spacial score (nSPS) is 10.2. The van der Waals surface area contributed by atoms with Crippen LogP contribution in [0.5, 0.6) is 0 Å². The third kappa shape index (κ3) is 3.32. The summed E-state index contributed by atoms with van der Waals surface area (Å²) in [7, 11) is 0. The number of rotatable bonds is 6. The van der Waals surface area contributed by atoms with E-state index in [1.54, 1.807) is 0 Å². The Morgan fingerprint density at radius 2 is 1.44 bits per heavy atom. The van der Waals surface area contributed by atoms with E-state index in [0.717, 1.165) is 18.9 Å². The first-order valence-corrected chi connectivity index (χ1v) is 5.52. The molecular formula is C11H17F2N3. The second kappa shape index (κ2) is 6.25. The maximum Gasteiger partial charge on any atom is 0.168 e. The van der Waals surface area contributed by atoms with E-state index in [1.165, 1.54) is 0 Å². The molecule has 0 atom stereocenters. The van der Waals surface area contributed by atoms with Crippen LogP contribution >= 0.6 is 0 Å². The molecule has 0 amide bonds. The first kappa shape index (κ1) is 12.7. The average Bonchev–Trinajstić information content (AvgIpc) is 2.26. The van der Waals surface area contributed by atoms with Crippen LogP contribution in [0.25, 0.3) is 0 Å². The van der Waals surface area contributed by atoms with Crippen LogP contribution in [0.3, 0.4) is 0 Å². The van der Waals surface area contributed by atoms with Crippen molar-refractivity contribution in [2.24, 2.45) is 0 Å². The summed E-state index contributed by atoms with van der Waals surface area (Å²) in [6.45, 7) is 5.15. The second-order valence-electron chi connectivity index (χ2n) is 3.50. The van der Waals surface area contributed by atoms with Gasteiger partial charge in [0.25, 0.3) is 0 Å². The van der Waals surface area contributed by atoms with Crippen molar-refractivity contribution in [1.29, 1.82) is 0 Å². The molecule has 16 heavy (non-hydrogen) atoms. The third-order valence-corrected chi connectivity index (χ3v) is 2.01. The lowest BCUT2D eigenvalue weighted by molar-refractivity contribution is 0.577. The molecule has 1 heterocycles. The topological polar surface area (TPSA) is 37.0 Å². The van der Waals surface area contributed by atoms with E-state index in [2.05, 4.69) is 15.6 Å². The van der Waals surface area contributed by atoms with E-state index >= 15 is 0 Å². The molecule has 0 saturated carbocycles. The lowest BCUT2D eigenvalue weighted by Crippen LogP contribution is -2.10. The highest BCUT2D eigenvalue weighted by atomic mass is 19.1. The van der Waals surface area contributed by atoms with Gasteiger partial charge in [-0.1, -0.05) is 13.8 Å². The van der Waals surface area contributed by atoms with Crippen LogP contribution in [0, 0.1) is 11.6 Å². The molecule has 0 fully saturated rings. The van der Waals surface area contributed by atoms with Crippen LogP contribution < -0.4 is 10.6 Å². The van der Waals surface area contributed by atoms with Gasteiger partial charge in [-0.05, 0) is 12.8 Å².